The highest BCUT2D eigenvalue weighted by Crippen LogP contribution is 2.22. The van der Waals surface area contributed by atoms with Gasteiger partial charge < -0.3 is 14.4 Å². The first-order valence-corrected chi connectivity index (χ1v) is 7.78. The smallest absolute Gasteiger partial charge is 0.311 e. The van der Waals surface area contributed by atoms with Crippen molar-refractivity contribution in [2.75, 3.05) is 38.3 Å². The molecule has 0 fully saturated rings. The molecule has 0 radical (unpaired) electrons. The summed E-state index contributed by atoms with van der Waals surface area (Å²) in [6.45, 7) is 8.96. The van der Waals surface area contributed by atoms with Gasteiger partial charge in [0.1, 0.15) is 0 Å². The van der Waals surface area contributed by atoms with E-state index >= 15 is 0 Å². The first-order chi connectivity index (χ1) is 9.56. The van der Waals surface area contributed by atoms with Crippen molar-refractivity contribution in [1.29, 1.82) is 0 Å². The predicted molar refractivity (Wildman–Crippen MR) is 81.4 cm³/mol. The summed E-state index contributed by atoms with van der Waals surface area (Å²) in [6, 6.07) is 0. The van der Waals surface area contributed by atoms with E-state index in [1.54, 1.807) is 25.4 Å². The third kappa shape index (κ3) is 5.88. The van der Waals surface area contributed by atoms with E-state index in [1.807, 2.05) is 5.38 Å². The number of carbonyl (C=O) groups excluding carboxylic acids is 1. The Morgan fingerprint density at radius 1 is 1.50 bits per heavy atom. The number of thiazole rings is 1. The molecule has 0 atom stereocenters. The molecule has 20 heavy (non-hydrogen) atoms. The Labute approximate surface area is 124 Å². The number of methoxy groups -OCH3 is 1. The number of rotatable bonds is 9. The molecular formula is C14H24N2O3S. The van der Waals surface area contributed by atoms with Gasteiger partial charge in [0, 0.05) is 25.6 Å². The molecule has 1 aromatic heterocycles. The number of esters is 1. The molecule has 0 amide bonds. The van der Waals surface area contributed by atoms with Crippen molar-refractivity contribution in [3.63, 3.8) is 0 Å². The maximum Gasteiger partial charge on any atom is 0.311 e. The number of carbonyl (C=O) groups is 1. The lowest BCUT2D eigenvalue weighted by Gasteiger charge is -2.23. The van der Waals surface area contributed by atoms with Crippen LogP contribution in [-0.2, 0) is 20.7 Å². The van der Waals surface area contributed by atoms with Crippen LogP contribution < -0.4 is 4.90 Å². The second kappa shape index (κ2) is 8.92. The molecule has 0 unspecified atom stereocenters. The third-order valence-electron chi connectivity index (χ3n) is 2.59. The molecule has 0 aliphatic carbocycles. The summed E-state index contributed by atoms with van der Waals surface area (Å²) in [5, 5.41) is 2.86. The number of aromatic nitrogens is 1. The van der Waals surface area contributed by atoms with Crippen molar-refractivity contribution >= 4 is 22.4 Å². The van der Waals surface area contributed by atoms with Gasteiger partial charge in [-0.05, 0) is 12.8 Å². The summed E-state index contributed by atoms with van der Waals surface area (Å²) in [4.78, 5) is 18.2. The lowest BCUT2D eigenvalue weighted by atomic mass is 10.2. The van der Waals surface area contributed by atoms with E-state index in [0.29, 0.717) is 19.1 Å². The maximum absolute atomic E-state index is 11.5. The number of hydrogen-bond acceptors (Lipinski definition) is 6. The van der Waals surface area contributed by atoms with Gasteiger partial charge in [-0.2, -0.15) is 0 Å². The Balaban J connectivity index is 2.66. The van der Waals surface area contributed by atoms with Crippen LogP contribution in [0.1, 0.15) is 26.5 Å². The molecular weight excluding hydrogens is 276 g/mol. The molecule has 0 spiro atoms. The Hall–Kier alpha value is -1.14. The molecule has 0 N–H and O–H groups in total. The minimum Gasteiger partial charge on any atom is -0.466 e. The van der Waals surface area contributed by atoms with E-state index in [9.17, 15) is 4.79 Å². The van der Waals surface area contributed by atoms with Crippen LogP contribution in [0.25, 0.3) is 0 Å². The average Bonchev–Trinajstić information content (AvgIpc) is 2.82. The van der Waals surface area contributed by atoms with Crippen LogP contribution in [0, 0.1) is 5.92 Å². The molecule has 114 valence electrons. The molecule has 1 rings (SSSR count). The normalized spacial score (nSPS) is 10.8. The van der Waals surface area contributed by atoms with Crippen LogP contribution in [0.3, 0.4) is 0 Å². The van der Waals surface area contributed by atoms with Crippen molar-refractivity contribution in [1.82, 2.24) is 4.98 Å². The Morgan fingerprint density at radius 3 is 2.85 bits per heavy atom. The molecule has 5 nitrogen and oxygen atoms in total. The van der Waals surface area contributed by atoms with Gasteiger partial charge in [0.25, 0.3) is 0 Å². The average molecular weight is 300 g/mol. The van der Waals surface area contributed by atoms with Crippen molar-refractivity contribution in [2.45, 2.75) is 27.2 Å². The highest BCUT2D eigenvalue weighted by molar-refractivity contribution is 7.13. The molecule has 0 bridgehead atoms. The molecule has 0 saturated heterocycles. The van der Waals surface area contributed by atoms with E-state index in [1.165, 1.54) is 0 Å². The Morgan fingerprint density at radius 2 is 2.25 bits per heavy atom. The largest absolute Gasteiger partial charge is 0.466 e. The Kier molecular flexibility index (Phi) is 7.54. The van der Waals surface area contributed by atoms with Crippen LogP contribution in [0.4, 0.5) is 5.13 Å². The lowest BCUT2D eigenvalue weighted by Crippen LogP contribution is -2.30. The Bertz CT molecular complexity index is 407. The van der Waals surface area contributed by atoms with Gasteiger partial charge in [-0.25, -0.2) is 4.98 Å². The van der Waals surface area contributed by atoms with Crippen molar-refractivity contribution in [2.24, 2.45) is 5.92 Å². The number of ether oxygens (including phenoxy) is 2. The van der Waals surface area contributed by atoms with E-state index in [4.69, 9.17) is 9.47 Å². The van der Waals surface area contributed by atoms with Crippen LogP contribution in [0.2, 0.25) is 0 Å². The lowest BCUT2D eigenvalue weighted by molar-refractivity contribution is -0.142. The van der Waals surface area contributed by atoms with Gasteiger partial charge in [0.2, 0.25) is 0 Å². The predicted octanol–water partition coefficient (Wildman–Crippen LogP) is 2.36. The fraction of sp³-hybridized carbons (Fsp3) is 0.714. The first kappa shape index (κ1) is 16.9. The van der Waals surface area contributed by atoms with E-state index in [2.05, 4.69) is 23.7 Å². The summed E-state index contributed by atoms with van der Waals surface area (Å²) >= 11 is 1.56. The quantitative estimate of drug-likeness (QED) is 0.655. The highest BCUT2D eigenvalue weighted by atomic mass is 32.1. The van der Waals surface area contributed by atoms with Crippen LogP contribution in [-0.4, -0.2) is 44.4 Å². The summed E-state index contributed by atoms with van der Waals surface area (Å²) < 4.78 is 10.1. The molecule has 0 aromatic carbocycles. The van der Waals surface area contributed by atoms with Gasteiger partial charge in [-0.15, -0.1) is 11.3 Å². The van der Waals surface area contributed by atoms with Crippen molar-refractivity contribution in [3.8, 4) is 0 Å². The van der Waals surface area contributed by atoms with E-state index < -0.39 is 0 Å². The highest BCUT2D eigenvalue weighted by Gasteiger charge is 2.14. The fourth-order valence-electron chi connectivity index (χ4n) is 1.79. The summed E-state index contributed by atoms with van der Waals surface area (Å²) in [5.41, 5.74) is 0.773. The topological polar surface area (TPSA) is 51.7 Å². The van der Waals surface area contributed by atoms with Gasteiger partial charge in [-0.1, -0.05) is 13.8 Å². The summed E-state index contributed by atoms with van der Waals surface area (Å²) in [6.07, 6.45) is 0.240. The van der Waals surface area contributed by atoms with E-state index in [-0.39, 0.29) is 12.4 Å². The monoisotopic (exact) mass is 300 g/mol. The molecule has 1 heterocycles. The second-order valence-electron chi connectivity index (χ2n) is 4.94. The minimum absolute atomic E-state index is 0.225. The zero-order chi connectivity index (χ0) is 15.0. The molecule has 0 aliphatic heterocycles. The zero-order valence-electron chi connectivity index (χ0n) is 12.7. The van der Waals surface area contributed by atoms with Crippen molar-refractivity contribution < 1.29 is 14.3 Å². The van der Waals surface area contributed by atoms with Gasteiger partial charge in [0.05, 0.1) is 25.3 Å². The van der Waals surface area contributed by atoms with Crippen LogP contribution >= 0.6 is 11.3 Å². The van der Waals surface area contributed by atoms with Crippen LogP contribution in [0.15, 0.2) is 5.38 Å². The van der Waals surface area contributed by atoms with Gasteiger partial charge in [0.15, 0.2) is 5.13 Å². The first-order valence-electron chi connectivity index (χ1n) is 6.90. The summed E-state index contributed by atoms with van der Waals surface area (Å²) in [7, 11) is 1.70. The zero-order valence-corrected chi connectivity index (χ0v) is 13.5. The molecule has 0 aliphatic rings. The molecule has 1 aromatic rings. The molecule has 0 saturated carbocycles. The minimum atomic E-state index is -0.225. The number of anilines is 1. The fourth-order valence-corrected chi connectivity index (χ4v) is 2.65. The second-order valence-corrected chi connectivity index (χ2v) is 5.77. The van der Waals surface area contributed by atoms with Gasteiger partial charge >= 0.3 is 5.97 Å². The van der Waals surface area contributed by atoms with Crippen molar-refractivity contribution in [3.05, 3.63) is 11.1 Å². The number of nitrogens with zero attached hydrogens (tertiary/aromatic N) is 2. The van der Waals surface area contributed by atoms with E-state index in [0.717, 1.165) is 23.9 Å². The van der Waals surface area contributed by atoms with Gasteiger partial charge in [-0.3, -0.25) is 4.79 Å². The third-order valence-corrected chi connectivity index (χ3v) is 3.54. The standard InChI is InChI=1S/C14H24N2O3S/c1-5-19-13(17)8-12-10-20-14(15-12)16(6-7-18-4)9-11(2)3/h10-11H,5-9H2,1-4H3. The number of hydrogen-bond donors (Lipinski definition) is 0. The van der Waals surface area contributed by atoms with Crippen LogP contribution in [0.5, 0.6) is 0 Å². The SMILES string of the molecule is CCOC(=O)Cc1csc(N(CCOC)CC(C)C)n1. The maximum atomic E-state index is 11.5. The summed E-state index contributed by atoms with van der Waals surface area (Å²) in [5.74, 6) is 0.320. The molecule has 6 heteroatoms.